The molecule has 0 aromatic heterocycles. The van der Waals surface area contributed by atoms with E-state index in [2.05, 4.69) is 0 Å². The summed E-state index contributed by atoms with van der Waals surface area (Å²) in [7, 11) is 0. The SMILES string of the molecule is CC(=O)/C(=C/CC(C(C)=O)c1ccccc1)c1ccccc1. The van der Waals surface area contributed by atoms with Gasteiger partial charge >= 0.3 is 0 Å². The first-order valence-electron chi connectivity index (χ1n) is 7.41. The summed E-state index contributed by atoms with van der Waals surface area (Å²) in [5.41, 5.74) is 2.55. The smallest absolute Gasteiger partial charge is 0.160 e. The molecule has 0 aliphatic heterocycles. The fraction of sp³-hybridized carbons (Fsp3) is 0.200. The molecule has 0 amide bonds. The van der Waals surface area contributed by atoms with Crippen molar-refractivity contribution in [3.05, 3.63) is 77.9 Å². The van der Waals surface area contributed by atoms with E-state index in [0.717, 1.165) is 11.1 Å². The lowest BCUT2D eigenvalue weighted by Crippen LogP contribution is -2.08. The molecule has 0 bridgehead atoms. The van der Waals surface area contributed by atoms with Crippen LogP contribution in [0.25, 0.3) is 5.57 Å². The molecule has 2 aromatic rings. The Balaban J connectivity index is 2.29. The molecule has 0 saturated carbocycles. The number of carbonyl (C=O) groups is 2. The van der Waals surface area contributed by atoms with Crippen molar-refractivity contribution in [1.82, 2.24) is 0 Å². The lowest BCUT2D eigenvalue weighted by atomic mass is 9.90. The Hall–Kier alpha value is -2.48. The molecular formula is C20H20O2. The van der Waals surface area contributed by atoms with Gasteiger partial charge in [0.05, 0.1) is 0 Å². The molecule has 22 heavy (non-hydrogen) atoms. The van der Waals surface area contributed by atoms with Gasteiger partial charge in [0.2, 0.25) is 0 Å². The van der Waals surface area contributed by atoms with Crippen LogP contribution in [0, 0.1) is 0 Å². The maximum atomic E-state index is 11.9. The maximum Gasteiger partial charge on any atom is 0.160 e. The standard InChI is InChI=1S/C20H20O2/c1-15(21)19(17-9-5-3-6-10-17)13-14-20(16(2)22)18-11-7-4-8-12-18/h3-13,20H,14H2,1-2H3/b19-13-. The van der Waals surface area contributed by atoms with Crippen molar-refractivity contribution in [2.24, 2.45) is 0 Å². The third kappa shape index (κ3) is 4.01. The number of ketones is 2. The zero-order valence-electron chi connectivity index (χ0n) is 13.0. The van der Waals surface area contributed by atoms with Crippen molar-refractivity contribution in [3.8, 4) is 0 Å². The van der Waals surface area contributed by atoms with Gasteiger partial charge < -0.3 is 0 Å². The summed E-state index contributed by atoms with van der Waals surface area (Å²) < 4.78 is 0. The molecule has 0 radical (unpaired) electrons. The molecule has 0 fully saturated rings. The number of hydrogen-bond acceptors (Lipinski definition) is 2. The average molecular weight is 292 g/mol. The first kappa shape index (κ1) is 15.9. The van der Waals surface area contributed by atoms with Crippen LogP contribution in [0.4, 0.5) is 0 Å². The Morgan fingerprint density at radius 3 is 1.95 bits per heavy atom. The summed E-state index contributed by atoms with van der Waals surface area (Å²) in [5.74, 6) is -0.0840. The van der Waals surface area contributed by atoms with Crippen molar-refractivity contribution >= 4 is 17.1 Å². The highest BCUT2D eigenvalue weighted by atomic mass is 16.1. The van der Waals surface area contributed by atoms with Gasteiger partial charge in [-0.05, 0) is 31.4 Å². The van der Waals surface area contributed by atoms with Gasteiger partial charge in [-0.2, -0.15) is 0 Å². The van der Waals surface area contributed by atoms with E-state index in [4.69, 9.17) is 0 Å². The summed E-state index contributed by atoms with van der Waals surface area (Å²) in [4.78, 5) is 23.9. The monoisotopic (exact) mass is 292 g/mol. The Labute approximate surface area is 131 Å². The second-order valence-corrected chi connectivity index (χ2v) is 5.35. The van der Waals surface area contributed by atoms with Gasteiger partial charge in [0.25, 0.3) is 0 Å². The molecule has 0 spiro atoms. The van der Waals surface area contributed by atoms with Gasteiger partial charge in [0.15, 0.2) is 5.78 Å². The summed E-state index contributed by atoms with van der Waals surface area (Å²) in [6, 6.07) is 19.3. The van der Waals surface area contributed by atoms with E-state index in [1.165, 1.54) is 0 Å². The third-order valence-electron chi connectivity index (χ3n) is 3.71. The van der Waals surface area contributed by atoms with E-state index in [1.807, 2.05) is 66.7 Å². The Morgan fingerprint density at radius 2 is 1.45 bits per heavy atom. The summed E-state index contributed by atoms with van der Waals surface area (Å²) in [6.45, 7) is 3.16. The molecular weight excluding hydrogens is 272 g/mol. The van der Waals surface area contributed by atoms with E-state index in [-0.39, 0.29) is 17.5 Å². The zero-order valence-corrected chi connectivity index (χ0v) is 13.0. The van der Waals surface area contributed by atoms with Gasteiger partial charge in [-0.15, -0.1) is 0 Å². The predicted molar refractivity (Wildman–Crippen MR) is 89.6 cm³/mol. The molecule has 2 heteroatoms. The minimum Gasteiger partial charge on any atom is -0.299 e. The van der Waals surface area contributed by atoms with Crippen LogP contribution < -0.4 is 0 Å². The highest BCUT2D eigenvalue weighted by Crippen LogP contribution is 2.24. The van der Waals surface area contributed by atoms with E-state index >= 15 is 0 Å². The first-order valence-corrected chi connectivity index (χ1v) is 7.41. The van der Waals surface area contributed by atoms with Crippen molar-refractivity contribution in [1.29, 1.82) is 0 Å². The van der Waals surface area contributed by atoms with E-state index in [1.54, 1.807) is 13.8 Å². The van der Waals surface area contributed by atoms with Crippen LogP contribution in [0.1, 0.15) is 37.3 Å². The second-order valence-electron chi connectivity index (χ2n) is 5.35. The zero-order chi connectivity index (χ0) is 15.9. The molecule has 2 aromatic carbocycles. The van der Waals surface area contributed by atoms with Crippen molar-refractivity contribution < 1.29 is 9.59 Å². The molecule has 2 rings (SSSR count). The minimum absolute atomic E-state index is 0.0153. The van der Waals surface area contributed by atoms with E-state index in [0.29, 0.717) is 12.0 Å². The van der Waals surface area contributed by atoms with Gasteiger partial charge in [0.1, 0.15) is 5.78 Å². The minimum atomic E-state index is -0.209. The average Bonchev–Trinajstić information content (AvgIpc) is 2.52. The summed E-state index contributed by atoms with van der Waals surface area (Å²) in [5, 5.41) is 0. The van der Waals surface area contributed by atoms with E-state index in [9.17, 15) is 9.59 Å². The lowest BCUT2D eigenvalue weighted by Gasteiger charge is -2.13. The number of hydrogen-bond donors (Lipinski definition) is 0. The topological polar surface area (TPSA) is 34.1 Å². The Kier molecular flexibility index (Phi) is 5.42. The predicted octanol–water partition coefficient (Wildman–Crippen LogP) is 4.42. The van der Waals surface area contributed by atoms with Gasteiger partial charge in [-0.3, -0.25) is 9.59 Å². The van der Waals surface area contributed by atoms with E-state index < -0.39 is 0 Å². The van der Waals surface area contributed by atoms with Crippen LogP contribution >= 0.6 is 0 Å². The molecule has 0 saturated heterocycles. The van der Waals surface area contributed by atoms with Crippen LogP contribution in [0.3, 0.4) is 0 Å². The highest BCUT2D eigenvalue weighted by molar-refractivity contribution is 6.19. The lowest BCUT2D eigenvalue weighted by molar-refractivity contribution is -0.118. The summed E-state index contributed by atoms with van der Waals surface area (Å²) in [6.07, 6.45) is 2.42. The van der Waals surface area contributed by atoms with Crippen LogP contribution in [0.5, 0.6) is 0 Å². The second kappa shape index (κ2) is 7.51. The molecule has 0 N–H and O–H groups in total. The number of benzene rings is 2. The van der Waals surface area contributed by atoms with Gasteiger partial charge in [-0.25, -0.2) is 0 Å². The molecule has 0 heterocycles. The number of carbonyl (C=O) groups excluding carboxylic acids is 2. The van der Waals surface area contributed by atoms with Crippen LogP contribution in [-0.4, -0.2) is 11.6 Å². The van der Waals surface area contributed by atoms with Gasteiger partial charge in [-0.1, -0.05) is 66.7 Å². The van der Waals surface area contributed by atoms with Gasteiger partial charge in [0, 0.05) is 11.5 Å². The largest absolute Gasteiger partial charge is 0.299 e. The number of Topliss-reactive ketones (excluding diaryl/α,β-unsaturated/α-hetero) is 2. The fourth-order valence-corrected chi connectivity index (χ4v) is 2.54. The highest BCUT2D eigenvalue weighted by Gasteiger charge is 2.16. The number of rotatable bonds is 6. The van der Waals surface area contributed by atoms with Crippen LogP contribution in [-0.2, 0) is 9.59 Å². The molecule has 2 nitrogen and oxygen atoms in total. The van der Waals surface area contributed by atoms with Crippen molar-refractivity contribution in [2.75, 3.05) is 0 Å². The molecule has 1 atom stereocenters. The number of allylic oxidation sites excluding steroid dienone is 2. The molecule has 0 aliphatic carbocycles. The molecule has 1 unspecified atom stereocenters. The van der Waals surface area contributed by atoms with Crippen molar-refractivity contribution in [3.63, 3.8) is 0 Å². The molecule has 0 aliphatic rings. The summed E-state index contributed by atoms with van der Waals surface area (Å²) >= 11 is 0. The van der Waals surface area contributed by atoms with Crippen LogP contribution in [0.15, 0.2) is 66.7 Å². The molecule has 112 valence electrons. The maximum absolute atomic E-state index is 11.9. The Bertz CT molecular complexity index is 669. The Morgan fingerprint density at radius 1 is 0.909 bits per heavy atom. The normalized spacial score (nSPS) is 12.7. The third-order valence-corrected chi connectivity index (χ3v) is 3.71. The first-order chi connectivity index (χ1) is 10.6. The fourth-order valence-electron chi connectivity index (χ4n) is 2.54. The van der Waals surface area contributed by atoms with Crippen molar-refractivity contribution in [2.45, 2.75) is 26.2 Å². The van der Waals surface area contributed by atoms with Crippen LogP contribution in [0.2, 0.25) is 0 Å². The quantitative estimate of drug-likeness (QED) is 0.738.